The molecule has 0 aromatic heterocycles. The van der Waals surface area contributed by atoms with Crippen molar-refractivity contribution in [3.63, 3.8) is 0 Å². The molecule has 8 nitrogen and oxygen atoms in total. The fraction of sp³-hybridized carbons (Fsp3) is 0.625. The van der Waals surface area contributed by atoms with Crippen molar-refractivity contribution in [2.45, 2.75) is 20.0 Å². The molecule has 0 aromatic rings. The first-order chi connectivity index (χ1) is 7.29. The average Bonchev–Trinajstić information content (AvgIpc) is 2.12. The Kier molecular flexibility index (Phi) is 10.3. The van der Waals surface area contributed by atoms with Crippen LogP contribution in [0.1, 0.15) is 13.8 Å². The summed E-state index contributed by atoms with van der Waals surface area (Å²) in [6, 6.07) is 0. The summed E-state index contributed by atoms with van der Waals surface area (Å²) in [6.07, 6.45) is -0.950. The molecule has 1 unspecified atom stereocenters. The monoisotopic (exact) mass is 235 g/mol. The third kappa shape index (κ3) is 18.2. The lowest BCUT2D eigenvalue weighted by Crippen LogP contribution is -2.33. The van der Waals surface area contributed by atoms with Crippen molar-refractivity contribution in [1.82, 2.24) is 5.32 Å². The molecule has 0 saturated heterocycles. The number of nitrogens with one attached hydrogen (secondary N) is 2. The molecule has 0 rings (SSSR count). The minimum absolute atomic E-state index is 0.133. The average molecular weight is 235 g/mol. The normalized spacial score (nSPS) is 10.5. The summed E-state index contributed by atoms with van der Waals surface area (Å²) in [5.74, 6) is -1.08. The van der Waals surface area contributed by atoms with Gasteiger partial charge in [0.15, 0.2) is 5.96 Å². The van der Waals surface area contributed by atoms with Gasteiger partial charge in [-0.25, -0.2) is 0 Å². The van der Waals surface area contributed by atoms with E-state index in [0.29, 0.717) is 0 Å². The molecule has 0 heterocycles. The van der Waals surface area contributed by atoms with E-state index in [9.17, 15) is 9.59 Å². The van der Waals surface area contributed by atoms with Crippen LogP contribution in [0.3, 0.4) is 0 Å². The molecular weight excluding hydrogens is 218 g/mol. The smallest absolute Gasteiger partial charge is 0.302 e. The van der Waals surface area contributed by atoms with Crippen molar-refractivity contribution in [2.75, 3.05) is 13.2 Å². The highest BCUT2D eigenvalue weighted by Crippen LogP contribution is 1.82. The summed E-state index contributed by atoms with van der Waals surface area (Å²) in [7, 11) is 0. The minimum atomic E-state index is -0.950. The maximum atomic E-state index is 10.0. The number of aliphatic hydroxyl groups is 2. The third-order valence-electron chi connectivity index (χ3n) is 1.00. The molecule has 0 aliphatic rings. The summed E-state index contributed by atoms with van der Waals surface area (Å²) >= 11 is 0. The third-order valence-corrected chi connectivity index (χ3v) is 1.00. The fourth-order valence-electron chi connectivity index (χ4n) is 0.456. The van der Waals surface area contributed by atoms with Crippen molar-refractivity contribution in [1.29, 1.82) is 5.41 Å². The maximum Gasteiger partial charge on any atom is 0.302 e. The van der Waals surface area contributed by atoms with Gasteiger partial charge in [0, 0.05) is 13.8 Å². The SMILES string of the molecule is CC(=O)NC(=N)N.CC(=O)OCC(O)CO. The lowest BCUT2D eigenvalue weighted by molar-refractivity contribution is -0.144. The van der Waals surface area contributed by atoms with E-state index in [1.807, 2.05) is 5.32 Å². The second kappa shape index (κ2) is 9.87. The second-order valence-corrected chi connectivity index (χ2v) is 2.73. The topological polar surface area (TPSA) is 146 Å². The Morgan fingerprint density at radius 1 is 1.50 bits per heavy atom. The van der Waals surface area contributed by atoms with Crippen molar-refractivity contribution in [3.05, 3.63) is 0 Å². The first-order valence-corrected chi connectivity index (χ1v) is 4.33. The van der Waals surface area contributed by atoms with Gasteiger partial charge in [-0.1, -0.05) is 0 Å². The summed E-state index contributed by atoms with van der Waals surface area (Å²) < 4.78 is 4.35. The van der Waals surface area contributed by atoms with E-state index >= 15 is 0 Å². The Morgan fingerprint density at radius 2 is 2.00 bits per heavy atom. The molecular formula is C8H17N3O5. The van der Waals surface area contributed by atoms with E-state index in [2.05, 4.69) is 4.74 Å². The lowest BCUT2D eigenvalue weighted by atomic mass is 10.4. The predicted octanol–water partition coefficient (Wildman–Crippen LogP) is -2.08. The van der Waals surface area contributed by atoms with Crippen LogP contribution >= 0.6 is 0 Å². The van der Waals surface area contributed by atoms with Gasteiger partial charge in [-0.05, 0) is 0 Å². The molecule has 0 radical (unpaired) electrons. The van der Waals surface area contributed by atoms with Crippen LogP contribution in [-0.2, 0) is 14.3 Å². The number of hydrogen-bond donors (Lipinski definition) is 5. The zero-order valence-corrected chi connectivity index (χ0v) is 9.19. The van der Waals surface area contributed by atoms with Crippen LogP contribution in [0, 0.1) is 5.41 Å². The van der Waals surface area contributed by atoms with Gasteiger partial charge < -0.3 is 20.7 Å². The first kappa shape index (κ1) is 16.7. The molecule has 1 amide bonds. The fourth-order valence-corrected chi connectivity index (χ4v) is 0.456. The summed E-state index contributed by atoms with van der Waals surface area (Å²) in [4.78, 5) is 20.0. The number of aliphatic hydroxyl groups excluding tert-OH is 2. The highest BCUT2D eigenvalue weighted by molar-refractivity contribution is 5.93. The molecule has 1 atom stereocenters. The van der Waals surface area contributed by atoms with Gasteiger partial charge in [-0.15, -0.1) is 0 Å². The number of ether oxygens (including phenoxy) is 1. The molecule has 8 heteroatoms. The molecule has 0 aliphatic carbocycles. The molecule has 6 N–H and O–H groups in total. The Balaban J connectivity index is 0. The summed E-state index contributed by atoms with van der Waals surface area (Å²) in [6.45, 7) is 2.02. The van der Waals surface area contributed by atoms with E-state index in [1.54, 1.807) is 0 Å². The van der Waals surface area contributed by atoms with E-state index in [1.165, 1.54) is 13.8 Å². The van der Waals surface area contributed by atoms with Gasteiger partial charge in [0.2, 0.25) is 5.91 Å². The zero-order valence-electron chi connectivity index (χ0n) is 9.19. The second-order valence-electron chi connectivity index (χ2n) is 2.73. The van der Waals surface area contributed by atoms with Crippen LogP contribution in [0.25, 0.3) is 0 Å². The van der Waals surface area contributed by atoms with Crippen LogP contribution in [0.5, 0.6) is 0 Å². The van der Waals surface area contributed by atoms with Gasteiger partial charge in [0.25, 0.3) is 0 Å². The van der Waals surface area contributed by atoms with Crippen molar-refractivity contribution >= 4 is 17.8 Å². The number of hydrogen-bond acceptors (Lipinski definition) is 6. The summed E-state index contributed by atoms with van der Waals surface area (Å²) in [5.41, 5.74) is 4.74. The highest BCUT2D eigenvalue weighted by Gasteiger charge is 2.02. The zero-order chi connectivity index (χ0) is 13.1. The van der Waals surface area contributed by atoms with Crippen LogP contribution in [0.4, 0.5) is 0 Å². The molecule has 0 spiro atoms. The quantitative estimate of drug-likeness (QED) is 0.215. The lowest BCUT2D eigenvalue weighted by Gasteiger charge is -2.05. The number of rotatable bonds is 3. The van der Waals surface area contributed by atoms with E-state index < -0.39 is 12.1 Å². The van der Waals surface area contributed by atoms with Crippen LogP contribution in [0.2, 0.25) is 0 Å². The minimum Gasteiger partial charge on any atom is -0.463 e. The number of carbonyl (C=O) groups is 2. The highest BCUT2D eigenvalue weighted by atomic mass is 16.5. The summed E-state index contributed by atoms with van der Waals surface area (Å²) in [5, 5.41) is 25.3. The molecule has 0 aromatic carbocycles. The molecule has 0 bridgehead atoms. The van der Waals surface area contributed by atoms with Crippen LogP contribution < -0.4 is 11.1 Å². The number of esters is 1. The van der Waals surface area contributed by atoms with Crippen molar-refractivity contribution in [3.8, 4) is 0 Å². The largest absolute Gasteiger partial charge is 0.463 e. The van der Waals surface area contributed by atoms with Gasteiger partial charge >= 0.3 is 5.97 Å². The standard InChI is InChI=1S/C5H10O4.C3H7N3O/c1-4(7)9-3-5(8)2-6;1-2(7)6-3(4)5/h5-6,8H,2-3H2,1H3;1H3,(H4,4,5,6,7). The molecule has 0 aliphatic heterocycles. The van der Waals surface area contributed by atoms with Gasteiger partial charge in [0.1, 0.15) is 12.7 Å². The van der Waals surface area contributed by atoms with E-state index in [4.69, 9.17) is 21.4 Å². The van der Waals surface area contributed by atoms with Gasteiger partial charge in [0.05, 0.1) is 6.61 Å². The van der Waals surface area contributed by atoms with Gasteiger partial charge in [-0.2, -0.15) is 0 Å². The molecule has 0 saturated carbocycles. The Bertz CT molecular complexity index is 232. The number of nitrogens with two attached hydrogens (primary N) is 1. The van der Waals surface area contributed by atoms with E-state index in [-0.39, 0.29) is 25.1 Å². The number of amides is 1. The van der Waals surface area contributed by atoms with E-state index in [0.717, 1.165) is 0 Å². The van der Waals surface area contributed by atoms with Crippen molar-refractivity contribution in [2.24, 2.45) is 5.73 Å². The number of guanidine groups is 1. The Morgan fingerprint density at radius 3 is 2.19 bits per heavy atom. The maximum absolute atomic E-state index is 10.0. The molecule has 16 heavy (non-hydrogen) atoms. The van der Waals surface area contributed by atoms with Crippen LogP contribution in [-0.4, -0.2) is 47.4 Å². The van der Waals surface area contributed by atoms with Crippen molar-refractivity contribution < 1.29 is 24.5 Å². The Hall–Kier alpha value is -1.67. The Labute approximate surface area is 92.9 Å². The predicted molar refractivity (Wildman–Crippen MR) is 55.5 cm³/mol. The number of carbonyl (C=O) groups excluding carboxylic acids is 2. The first-order valence-electron chi connectivity index (χ1n) is 4.33. The van der Waals surface area contributed by atoms with Gasteiger partial charge in [-0.3, -0.25) is 20.3 Å². The molecule has 94 valence electrons. The molecule has 0 fully saturated rings. The van der Waals surface area contributed by atoms with Crippen LogP contribution in [0.15, 0.2) is 0 Å².